The van der Waals surface area contributed by atoms with Gasteiger partial charge < -0.3 is 5.73 Å². The Morgan fingerprint density at radius 2 is 1.89 bits per heavy atom. The maximum Gasteiger partial charge on any atom is 0.193 e. The van der Waals surface area contributed by atoms with Crippen LogP contribution < -0.4 is 5.73 Å². The highest BCUT2D eigenvalue weighted by Crippen LogP contribution is 2.18. The van der Waals surface area contributed by atoms with Gasteiger partial charge >= 0.3 is 0 Å². The lowest BCUT2D eigenvalue weighted by Gasteiger charge is -2.09. The second kappa shape index (κ2) is 5.76. The van der Waals surface area contributed by atoms with Gasteiger partial charge in [0.1, 0.15) is 5.82 Å². The zero-order chi connectivity index (χ0) is 13.8. The molecule has 2 rings (SSSR count). The van der Waals surface area contributed by atoms with E-state index in [9.17, 15) is 9.18 Å². The Balaban J connectivity index is 2.44. The minimum absolute atomic E-state index is 0.0819. The predicted octanol–water partition coefficient (Wildman–Crippen LogP) is 2.87. The average Bonchev–Trinajstić information content (AvgIpc) is 2.39. The third-order valence-electron chi connectivity index (χ3n) is 3.11. The SMILES string of the molecule is Cc1cc(F)ccc1C(=O)c1ccccc1CCN. The highest BCUT2D eigenvalue weighted by molar-refractivity contribution is 6.10. The van der Waals surface area contributed by atoms with Crippen molar-refractivity contribution in [3.8, 4) is 0 Å². The van der Waals surface area contributed by atoms with Gasteiger partial charge in [0.25, 0.3) is 0 Å². The van der Waals surface area contributed by atoms with E-state index in [1.54, 1.807) is 13.0 Å². The molecule has 3 heteroatoms. The summed E-state index contributed by atoms with van der Waals surface area (Å²) in [7, 11) is 0. The van der Waals surface area contributed by atoms with Crippen LogP contribution in [0.15, 0.2) is 42.5 Å². The van der Waals surface area contributed by atoms with Gasteiger partial charge in [-0.25, -0.2) is 4.39 Å². The summed E-state index contributed by atoms with van der Waals surface area (Å²) in [6.07, 6.45) is 0.655. The molecule has 0 aliphatic rings. The second-order valence-corrected chi connectivity index (χ2v) is 4.48. The summed E-state index contributed by atoms with van der Waals surface area (Å²) in [5.41, 5.74) is 8.31. The maximum absolute atomic E-state index is 13.1. The molecule has 0 saturated carbocycles. The quantitative estimate of drug-likeness (QED) is 0.856. The first kappa shape index (κ1) is 13.4. The van der Waals surface area contributed by atoms with Gasteiger partial charge in [-0.3, -0.25) is 4.79 Å². The average molecular weight is 257 g/mol. The van der Waals surface area contributed by atoms with Crippen LogP contribution in [0.3, 0.4) is 0 Å². The smallest absolute Gasteiger partial charge is 0.193 e. The van der Waals surface area contributed by atoms with Gasteiger partial charge in [-0.1, -0.05) is 24.3 Å². The van der Waals surface area contributed by atoms with Crippen LogP contribution in [0.5, 0.6) is 0 Å². The summed E-state index contributed by atoms with van der Waals surface area (Å²) >= 11 is 0. The van der Waals surface area contributed by atoms with Crippen LogP contribution in [0, 0.1) is 12.7 Å². The molecule has 0 aliphatic heterocycles. The van der Waals surface area contributed by atoms with E-state index in [1.807, 2.05) is 18.2 Å². The van der Waals surface area contributed by atoms with Crippen LogP contribution in [0.1, 0.15) is 27.0 Å². The minimum Gasteiger partial charge on any atom is -0.330 e. The number of rotatable bonds is 4. The lowest BCUT2D eigenvalue weighted by atomic mass is 9.94. The van der Waals surface area contributed by atoms with Crippen LogP contribution in [0.2, 0.25) is 0 Å². The molecule has 0 spiro atoms. The molecule has 0 amide bonds. The Morgan fingerprint density at radius 3 is 2.58 bits per heavy atom. The molecule has 2 nitrogen and oxygen atoms in total. The Morgan fingerprint density at radius 1 is 1.16 bits per heavy atom. The van der Waals surface area contributed by atoms with E-state index in [0.717, 1.165) is 5.56 Å². The van der Waals surface area contributed by atoms with E-state index in [4.69, 9.17) is 5.73 Å². The third-order valence-corrected chi connectivity index (χ3v) is 3.11. The normalized spacial score (nSPS) is 10.5. The van der Waals surface area contributed by atoms with Crippen molar-refractivity contribution in [2.24, 2.45) is 5.73 Å². The molecule has 0 aromatic heterocycles. The van der Waals surface area contributed by atoms with Crippen molar-refractivity contribution >= 4 is 5.78 Å². The van der Waals surface area contributed by atoms with Gasteiger partial charge in [0.15, 0.2) is 5.78 Å². The van der Waals surface area contributed by atoms with Gasteiger partial charge in [-0.05, 0) is 49.2 Å². The van der Waals surface area contributed by atoms with E-state index in [0.29, 0.717) is 29.7 Å². The molecule has 0 saturated heterocycles. The molecule has 19 heavy (non-hydrogen) atoms. The van der Waals surface area contributed by atoms with E-state index in [1.165, 1.54) is 18.2 Å². The number of benzene rings is 2. The first-order valence-electron chi connectivity index (χ1n) is 6.22. The molecule has 0 bridgehead atoms. The van der Waals surface area contributed by atoms with Crippen molar-refractivity contribution in [3.63, 3.8) is 0 Å². The van der Waals surface area contributed by atoms with Crippen LogP contribution in [-0.2, 0) is 6.42 Å². The predicted molar refractivity (Wildman–Crippen MR) is 73.8 cm³/mol. The number of carbonyl (C=O) groups is 1. The Kier molecular flexibility index (Phi) is 4.07. The first-order chi connectivity index (χ1) is 9.13. The van der Waals surface area contributed by atoms with Crippen molar-refractivity contribution in [3.05, 3.63) is 70.5 Å². The number of nitrogens with two attached hydrogens (primary N) is 1. The fourth-order valence-electron chi connectivity index (χ4n) is 2.14. The van der Waals surface area contributed by atoms with E-state index in [-0.39, 0.29) is 11.6 Å². The molecular weight excluding hydrogens is 241 g/mol. The van der Waals surface area contributed by atoms with E-state index in [2.05, 4.69) is 0 Å². The molecule has 98 valence electrons. The van der Waals surface area contributed by atoms with Gasteiger partial charge in [0.2, 0.25) is 0 Å². The summed E-state index contributed by atoms with van der Waals surface area (Å²) in [6.45, 7) is 2.23. The van der Waals surface area contributed by atoms with Crippen molar-refractivity contribution in [2.45, 2.75) is 13.3 Å². The third kappa shape index (κ3) is 2.88. The van der Waals surface area contributed by atoms with Crippen molar-refractivity contribution < 1.29 is 9.18 Å². The lowest BCUT2D eigenvalue weighted by Crippen LogP contribution is -2.11. The molecule has 0 aliphatic carbocycles. The monoisotopic (exact) mass is 257 g/mol. The Bertz CT molecular complexity index is 607. The number of carbonyl (C=O) groups excluding carboxylic acids is 1. The van der Waals surface area contributed by atoms with Crippen molar-refractivity contribution in [1.29, 1.82) is 0 Å². The molecule has 0 radical (unpaired) electrons. The number of hydrogen-bond acceptors (Lipinski definition) is 2. The standard InChI is InChI=1S/C16H16FNO/c1-11-10-13(17)6-7-14(11)16(19)15-5-3-2-4-12(15)8-9-18/h2-7,10H,8-9,18H2,1H3. The molecule has 2 N–H and O–H groups in total. The summed E-state index contributed by atoms with van der Waals surface area (Å²) in [5.74, 6) is -0.411. The zero-order valence-corrected chi connectivity index (χ0v) is 10.8. The molecule has 0 unspecified atom stereocenters. The maximum atomic E-state index is 13.1. The fraction of sp³-hybridized carbons (Fsp3) is 0.188. The van der Waals surface area contributed by atoms with Crippen molar-refractivity contribution in [2.75, 3.05) is 6.54 Å². The number of hydrogen-bond donors (Lipinski definition) is 1. The summed E-state index contributed by atoms with van der Waals surface area (Å²) in [6, 6.07) is 11.6. The zero-order valence-electron chi connectivity index (χ0n) is 10.8. The summed E-state index contributed by atoms with van der Waals surface area (Å²) < 4.78 is 13.1. The van der Waals surface area contributed by atoms with Crippen LogP contribution in [0.4, 0.5) is 4.39 Å². The first-order valence-corrected chi connectivity index (χ1v) is 6.22. The lowest BCUT2D eigenvalue weighted by molar-refractivity contribution is 0.103. The molecular formula is C16H16FNO. The Labute approximate surface area is 112 Å². The highest BCUT2D eigenvalue weighted by Gasteiger charge is 2.15. The molecule has 0 atom stereocenters. The van der Waals surface area contributed by atoms with Crippen LogP contribution in [-0.4, -0.2) is 12.3 Å². The number of halogens is 1. The van der Waals surface area contributed by atoms with Gasteiger partial charge in [-0.2, -0.15) is 0 Å². The van der Waals surface area contributed by atoms with Crippen LogP contribution >= 0.6 is 0 Å². The summed E-state index contributed by atoms with van der Waals surface area (Å²) in [5, 5.41) is 0. The van der Waals surface area contributed by atoms with E-state index >= 15 is 0 Å². The van der Waals surface area contributed by atoms with E-state index < -0.39 is 0 Å². The minimum atomic E-state index is -0.329. The molecule has 0 fully saturated rings. The molecule has 2 aromatic carbocycles. The largest absolute Gasteiger partial charge is 0.330 e. The fourth-order valence-corrected chi connectivity index (χ4v) is 2.14. The number of aryl methyl sites for hydroxylation is 1. The van der Waals surface area contributed by atoms with Gasteiger partial charge in [0, 0.05) is 11.1 Å². The highest BCUT2D eigenvalue weighted by atomic mass is 19.1. The Hall–Kier alpha value is -2.00. The molecule has 0 heterocycles. The van der Waals surface area contributed by atoms with Gasteiger partial charge in [0.05, 0.1) is 0 Å². The van der Waals surface area contributed by atoms with Crippen LogP contribution in [0.25, 0.3) is 0 Å². The summed E-state index contributed by atoms with van der Waals surface area (Å²) in [4.78, 5) is 12.5. The second-order valence-electron chi connectivity index (χ2n) is 4.48. The molecule has 2 aromatic rings. The van der Waals surface area contributed by atoms with Crippen molar-refractivity contribution in [1.82, 2.24) is 0 Å². The topological polar surface area (TPSA) is 43.1 Å². The van der Waals surface area contributed by atoms with Gasteiger partial charge in [-0.15, -0.1) is 0 Å². The number of ketones is 1.